The fourth-order valence-corrected chi connectivity index (χ4v) is 4.09. The smallest absolute Gasteiger partial charge is 0.281 e. The molecule has 0 aromatic heterocycles. The van der Waals surface area contributed by atoms with Crippen LogP contribution < -0.4 is 5.32 Å². The van der Waals surface area contributed by atoms with Crippen molar-refractivity contribution < 1.29 is 18.8 Å². The number of likely N-dealkylation sites (N-methyl/N-ethyl adjacent to an activating group) is 1. The molecule has 0 aliphatic carbocycles. The molecule has 1 aromatic carbocycles. The summed E-state index contributed by atoms with van der Waals surface area (Å²) >= 11 is 0. The molecule has 8 nitrogen and oxygen atoms in total. The van der Waals surface area contributed by atoms with Crippen molar-refractivity contribution in [2.75, 3.05) is 25.6 Å². The molecule has 1 unspecified atom stereocenters. The van der Waals surface area contributed by atoms with Crippen molar-refractivity contribution in [2.24, 2.45) is 5.18 Å². The van der Waals surface area contributed by atoms with E-state index >= 15 is 0 Å². The first kappa shape index (κ1) is 21.2. The summed E-state index contributed by atoms with van der Waals surface area (Å²) in [4.78, 5) is 22.8. The number of aliphatic hydroxyl groups excluding tert-OH is 1. The van der Waals surface area contributed by atoms with Crippen molar-refractivity contribution >= 4 is 22.6 Å². The number of nitrogens with one attached hydrogen (secondary N) is 1. The third-order valence-electron chi connectivity index (χ3n) is 4.36. The van der Waals surface area contributed by atoms with Gasteiger partial charge in [0.25, 0.3) is 5.91 Å². The van der Waals surface area contributed by atoms with Gasteiger partial charge in [0, 0.05) is 12.7 Å². The van der Waals surface area contributed by atoms with E-state index in [1.807, 2.05) is 26.8 Å². The number of anilines is 1. The highest BCUT2D eigenvalue weighted by Crippen LogP contribution is 2.39. The van der Waals surface area contributed by atoms with Crippen LogP contribution in [0.15, 0.2) is 40.9 Å². The number of aliphatic hydroxyl groups is 1. The molecule has 148 valence electrons. The number of benzene rings is 1. The average Bonchev–Trinajstić information content (AvgIpc) is 2.52. The number of allylic oxidation sites excluding steroid dienone is 1. The minimum absolute atomic E-state index is 0.375. The Kier molecular flexibility index (Phi) is 6.18. The molecule has 0 bridgehead atoms. The zero-order valence-electron chi connectivity index (χ0n) is 16.1. The summed E-state index contributed by atoms with van der Waals surface area (Å²) in [6, 6.07) is 7.03. The van der Waals surface area contributed by atoms with E-state index in [0.29, 0.717) is 18.9 Å². The van der Waals surface area contributed by atoms with E-state index in [2.05, 4.69) is 10.5 Å². The lowest BCUT2D eigenvalue weighted by Crippen LogP contribution is -2.60. The summed E-state index contributed by atoms with van der Waals surface area (Å²) in [5.74, 6) is -1.25. The van der Waals surface area contributed by atoms with Crippen molar-refractivity contribution in [3.05, 3.63) is 46.2 Å². The minimum Gasteiger partial charge on any atom is -0.510 e. The predicted molar refractivity (Wildman–Crippen MR) is 104 cm³/mol. The predicted octanol–water partition coefficient (Wildman–Crippen LogP) is 2.80. The first-order chi connectivity index (χ1) is 12.5. The Morgan fingerprint density at radius 2 is 2.00 bits per heavy atom. The lowest BCUT2D eigenvalue weighted by atomic mass is 9.88. The van der Waals surface area contributed by atoms with E-state index in [1.165, 1.54) is 6.92 Å². The zero-order chi connectivity index (χ0) is 20.4. The van der Waals surface area contributed by atoms with Crippen LogP contribution in [-0.2, 0) is 26.1 Å². The molecule has 1 aliphatic heterocycles. The largest absolute Gasteiger partial charge is 0.510 e. The van der Waals surface area contributed by atoms with E-state index in [0.717, 1.165) is 5.56 Å². The second-order valence-corrected chi connectivity index (χ2v) is 9.71. The van der Waals surface area contributed by atoms with Crippen LogP contribution in [-0.4, -0.2) is 44.5 Å². The van der Waals surface area contributed by atoms with Crippen LogP contribution in [0.1, 0.15) is 33.3 Å². The van der Waals surface area contributed by atoms with Gasteiger partial charge in [0.2, 0.25) is 5.70 Å². The number of nitrogens with zero attached hydrogens (tertiary/aromatic N) is 2. The summed E-state index contributed by atoms with van der Waals surface area (Å²) in [5.41, 5.74) is 0.110. The Balaban J connectivity index is 2.33. The zero-order valence-corrected chi connectivity index (χ0v) is 16.9. The van der Waals surface area contributed by atoms with Crippen LogP contribution in [0.4, 0.5) is 5.69 Å². The first-order valence-corrected chi connectivity index (χ1v) is 9.52. The summed E-state index contributed by atoms with van der Waals surface area (Å²) in [7, 11) is 0.529. The number of nitroso groups, excluding NO2 is 1. The fourth-order valence-electron chi connectivity index (χ4n) is 2.74. The summed E-state index contributed by atoms with van der Waals surface area (Å²) < 4.78 is 19.7. The van der Waals surface area contributed by atoms with Gasteiger partial charge in [-0.2, -0.15) is 0 Å². The number of carbonyl (C=O) groups excluding carboxylic acids is 1. The Labute approximate surface area is 161 Å². The molecule has 1 aromatic rings. The van der Waals surface area contributed by atoms with Crippen LogP contribution >= 0.6 is 0 Å². The topological polar surface area (TPSA) is 108 Å². The standard InChI is InChI=1S/C18H25N3O5S/c1-12(22)15(20-24)16(23)19-14-8-6-7-13(9-14)18(10-26-11-18)21(5)27(25)17(2,3)4/h6-9,22H,10-11H2,1-5H3,(H,19,23). The molecule has 1 saturated heterocycles. The molecule has 1 amide bonds. The number of ether oxygens (including phenoxy) is 1. The Hall–Kier alpha value is -2.10. The maximum absolute atomic E-state index is 12.9. The Bertz CT molecular complexity index is 792. The molecule has 1 heterocycles. The molecule has 0 spiro atoms. The van der Waals surface area contributed by atoms with Crippen LogP contribution in [0.2, 0.25) is 0 Å². The van der Waals surface area contributed by atoms with Crippen molar-refractivity contribution in [3.8, 4) is 0 Å². The number of rotatable bonds is 6. The van der Waals surface area contributed by atoms with E-state index in [4.69, 9.17) is 4.74 Å². The molecule has 0 saturated carbocycles. The third kappa shape index (κ3) is 4.26. The number of hydrogen-bond donors (Lipinski definition) is 2. The van der Waals surface area contributed by atoms with Gasteiger partial charge >= 0.3 is 0 Å². The summed E-state index contributed by atoms with van der Waals surface area (Å²) in [6.07, 6.45) is 0. The highest BCUT2D eigenvalue weighted by molar-refractivity contribution is 7.84. The third-order valence-corrected chi connectivity index (χ3v) is 6.26. The van der Waals surface area contributed by atoms with Crippen LogP contribution in [0.25, 0.3) is 0 Å². The lowest BCUT2D eigenvalue weighted by Gasteiger charge is -2.49. The Morgan fingerprint density at radius 1 is 1.37 bits per heavy atom. The molecule has 1 aliphatic rings. The molecule has 2 rings (SSSR count). The minimum atomic E-state index is -1.26. The van der Waals surface area contributed by atoms with Gasteiger partial charge in [-0.15, -0.1) is 4.91 Å². The molecular weight excluding hydrogens is 370 g/mol. The maximum atomic E-state index is 12.9. The molecule has 27 heavy (non-hydrogen) atoms. The molecule has 2 N–H and O–H groups in total. The van der Waals surface area contributed by atoms with Gasteiger partial charge in [0.1, 0.15) is 22.3 Å². The van der Waals surface area contributed by atoms with Crippen LogP contribution in [0.3, 0.4) is 0 Å². The van der Waals surface area contributed by atoms with E-state index in [9.17, 15) is 19.0 Å². The van der Waals surface area contributed by atoms with Gasteiger partial charge in [-0.05, 0) is 50.6 Å². The van der Waals surface area contributed by atoms with Crippen molar-refractivity contribution in [2.45, 2.75) is 38.0 Å². The van der Waals surface area contributed by atoms with Crippen molar-refractivity contribution in [3.63, 3.8) is 0 Å². The lowest BCUT2D eigenvalue weighted by molar-refractivity contribution is -0.113. The average molecular weight is 395 g/mol. The molecule has 1 atom stereocenters. The second kappa shape index (κ2) is 7.87. The normalized spacial score (nSPS) is 18.3. The highest BCUT2D eigenvalue weighted by atomic mass is 32.2. The Morgan fingerprint density at radius 3 is 2.44 bits per heavy atom. The van der Waals surface area contributed by atoms with Gasteiger partial charge in [0.15, 0.2) is 0 Å². The van der Waals surface area contributed by atoms with Crippen molar-refractivity contribution in [1.29, 1.82) is 0 Å². The van der Waals surface area contributed by atoms with Crippen LogP contribution in [0.5, 0.6) is 0 Å². The van der Waals surface area contributed by atoms with Crippen LogP contribution in [0, 0.1) is 4.91 Å². The van der Waals surface area contributed by atoms with Gasteiger partial charge in [-0.1, -0.05) is 12.1 Å². The summed E-state index contributed by atoms with van der Waals surface area (Å²) in [6.45, 7) is 7.67. The summed E-state index contributed by atoms with van der Waals surface area (Å²) in [5, 5.41) is 14.5. The van der Waals surface area contributed by atoms with E-state index in [-0.39, 0.29) is 0 Å². The van der Waals surface area contributed by atoms with Gasteiger partial charge < -0.3 is 15.2 Å². The number of carbonyl (C=O) groups is 1. The fraction of sp³-hybridized carbons (Fsp3) is 0.500. The highest BCUT2D eigenvalue weighted by Gasteiger charge is 2.48. The molecular formula is C18H25N3O5S. The molecule has 1 fully saturated rings. The van der Waals surface area contributed by atoms with E-state index < -0.39 is 38.6 Å². The molecule has 9 heteroatoms. The van der Waals surface area contributed by atoms with Gasteiger partial charge in [-0.3, -0.25) is 4.79 Å². The maximum Gasteiger partial charge on any atom is 0.281 e. The second-order valence-electron chi connectivity index (χ2n) is 7.44. The first-order valence-electron chi connectivity index (χ1n) is 8.41. The quantitative estimate of drug-likeness (QED) is 0.437. The van der Waals surface area contributed by atoms with Gasteiger partial charge in [0.05, 0.1) is 18.0 Å². The van der Waals surface area contributed by atoms with Crippen molar-refractivity contribution in [1.82, 2.24) is 4.31 Å². The monoisotopic (exact) mass is 395 g/mol. The SMILES string of the molecule is CC(O)=C(N=O)C(=O)Nc1cccc(C2(N(C)S(=O)C(C)(C)C)COC2)c1. The number of hydrogen-bond acceptors (Lipinski definition) is 6. The van der Waals surface area contributed by atoms with E-state index in [1.54, 1.807) is 29.6 Å². The molecule has 0 radical (unpaired) electrons. The van der Waals surface area contributed by atoms with Gasteiger partial charge in [-0.25, -0.2) is 8.51 Å². The number of amides is 1.